The van der Waals surface area contributed by atoms with Crippen molar-refractivity contribution < 1.29 is 15.4 Å². The fraction of sp³-hybridized carbons (Fsp3) is 0. The maximum atomic E-state index is 9.52. The highest BCUT2D eigenvalue weighted by atomic mass is 16.3. The molecule has 0 unspecified atom stereocenters. The Balaban J connectivity index is 1.28. The van der Waals surface area contributed by atoms with E-state index in [9.17, 15) is 5.48 Å². The van der Waals surface area contributed by atoms with Gasteiger partial charge in [0.05, 0.1) is 11.0 Å². The van der Waals surface area contributed by atoms with Crippen molar-refractivity contribution in [3.05, 3.63) is 182 Å². The molecule has 236 valence electrons. The lowest BCUT2D eigenvalue weighted by Crippen LogP contribution is -1.91. The van der Waals surface area contributed by atoms with Crippen LogP contribution in [-0.4, -0.2) is 0 Å². The molecule has 1 aromatic heterocycles. The molecular formula is C50H30O. The molecule has 51 heavy (non-hydrogen) atoms. The number of furan rings is 1. The molecule has 11 rings (SSSR count). The molecule has 10 aromatic carbocycles. The summed E-state index contributed by atoms with van der Waals surface area (Å²) < 4.78 is 80.2. The van der Waals surface area contributed by atoms with Crippen LogP contribution in [0, 0.1) is 0 Å². The van der Waals surface area contributed by atoms with E-state index in [2.05, 4.69) is 42.5 Å². The molecule has 0 aliphatic heterocycles. The van der Waals surface area contributed by atoms with Gasteiger partial charge < -0.3 is 4.42 Å². The number of hydrogen-bond acceptors (Lipinski definition) is 1. The summed E-state index contributed by atoms with van der Waals surface area (Å²) in [6.45, 7) is 0. The third-order valence-electron chi connectivity index (χ3n) is 10.2. The van der Waals surface area contributed by atoms with Crippen LogP contribution in [0.2, 0.25) is 0 Å². The Kier molecular flexibility index (Phi) is 4.57. The van der Waals surface area contributed by atoms with Gasteiger partial charge in [0.1, 0.15) is 11.2 Å². The first kappa shape index (κ1) is 21.4. The van der Waals surface area contributed by atoms with Gasteiger partial charge in [-0.25, -0.2) is 0 Å². The summed E-state index contributed by atoms with van der Waals surface area (Å²) in [5.74, 6) is 0. The normalized spacial score (nSPS) is 14.1. The zero-order valence-corrected chi connectivity index (χ0v) is 27.1. The van der Waals surface area contributed by atoms with E-state index in [4.69, 9.17) is 9.90 Å². The van der Waals surface area contributed by atoms with Crippen molar-refractivity contribution in [1.82, 2.24) is 0 Å². The van der Waals surface area contributed by atoms with E-state index in [1.807, 2.05) is 84.9 Å². The summed E-state index contributed by atoms with van der Waals surface area (Å²) in [5, 5.41) is 8.56. The minimum atomic E-state index is -0.442. The van der Waals surface area contributed by atoms with Crippen molar-refractivity contribution in [3.8, 4) is 33.4 Å². The maximum absolute atomic E-state index is 9.52. The zero-order valence-electron chi connectivity index (χ0n) is 35.1. The fourth-order valence-corrected chi connectivity index (χ4v) is 7.95. The van der Waals surface area contributed by atoms with Gasteiger partial charge in [0.2, 0.25) is 0 Å². The quantitative estimate of drug-likeness (QED) is 0.136. The molecule has 0 saturated carbocycles. The smallest absolute Gasteiger partial charge is 0.136 e. The number of rotatable bonds is 3. The van der Waals surface area contributed by atoms with Gasteiger partial charge in [-0.15, -0.1) is 0 Å². The van der Waals surface area contributed by atoms with Crippen LogP contribution >= 0.6 is 0 Å². The Hall–Kier alpha value is -6.70. The van der Waals surface area contributed by atoms with E-state index in [-0.39, 0.29) is 51.3 Å². The Morgan fingerprint density at radius 1 is 0.353 bits per heavy atom. The maximum Gasteiger partial charge on any atom is 0.136 e. The second-order valence-electron chi connectivity index (χ2n) is 13.0. The third kappa shape index (κ3) is 4.28. The van der Waals surface area contributed by atoms with Gasteiger partial charge in [0, 0.05) is 10.8 Å². The highest BCUT2D eigenvalue weighted by Gasteiger charge is 2.20. The predicted molar refractivity (Wildman–Crippen MR) is 218 cm³/mol. The van der Waals surface area contributed by atoms with E-state index in [1.165, 1.54) is 0 Å². The van der Waals surface area contributed by atoms with Crippen LogP contribution in [0.3, 0.4) is 0 Å². The molecule has 0 atom stereocenters. The van der Waals surface area contributed by atoms with Crippen LogP contribution in [0.1, 0.15) is 11.0 Å². The zero-order chi connectivity index (χ0) is 40.4. The summed E-state index contributed by atoms with van der Waals surface area (Å²) in [6, 6.07) is 40.8. The van der Waals surface area contributed by atoms with Crippen molar-refractivity contribution >= 4 is 75.8 Å². The van der Waals surface area contributed by atoms with Gasteiger partial charge in [-0.3, -0.25) is 0 Å². The summed E-state index contributed by atoms with van der Waals surface area (Å²) in [7, 11) is 0. The fourth-order valence-electron chi connectivity index (χ4n) is 7.95. The van der Waals surface area contributed by atoms with E-state index in [1.54, 1.807) is 6.07 Å². The average Bonchev–Trinajstić information content (AvgIpc) is 3.64. The molecule has 0 amide bonds. The topological polar surface area (TPSA) is 13.1 Å². The average molecular weight is 655 g/mol. The van der Waals surface area contributed by atoms with E-state index in [0.29, 0.717) is 33.2 Å². The van der Waals surface area contributed by atoms with Crippen molar-refractivity contribution in [2.45, 2.75) is 0 Å². The Bertz CT molecular complexity index is 3580. The largest absolute Gasteiger partial charge is 0.456 e. The van der Waals surface area contributed by atoms with Gasteiger partial charge in [0.25, 0.3) is 0 Å². The molecule has 1 nitrogen and oxygen atoms in total. The molecule has 11 aromatic rings. The van der Waals surface area contributed by atoms with Crippen molar-refractivity contribution in [2.24, 2.45) is 0 Å². The van der Waals surface area contributed by atoms with Gasteiger partial charge in [-0.1, -0.05) is 151 Å². The molecule has 0 fully saturated rings. The van der Waals surface area contributed by atoms with Crippen LogP contribution in [-0.2, 0) is 0 Å². The minimum Gasteiger partial charge on any atom is -0.456 e. The Morgan fingerprint density at radius 3 is 1.75 bits per heavy atom. The first-order valence-corrected chi connectivity index (χ1v) is 16.9. The first-order valence-electron chi connectivity index (χ1n) is 20.9. The van der Waals surface area contributed by atoms with Gasteiger partial charge >= 0.3 is 0 Å². The monoisotopic (exact) mass is 654 g/mol. The van der Waals surface area contributed by atoms with E-state index in [0.717, 1.165) is 48.8 Å². The molecule has 0 bridgehead atoms. The number of benzene rings is 10. The third-order valence-corrected chi connectivity index (χ3v) is 10.2. The molecule has 0 aliphatic carbocycles. The lowest BCUT2D eigenvalue weighted by Gasteiger charge is -2.18. The molecule has 0 aliphatic rings. The van der Waals surface area contributed by atoms with Crippen molar-refractivity contribution in [2.75, 3.05) is 0 Å². The highest BCUT2D eigenvalue weighted by Crippen LogP contribution is 2.47. The summed E-state index contributed by atoms with van der Waals surface area (Å²) >= 11 is 0. The standard InChI is InChI=1S/C50H30O/c1-2-13-34-30-47-45(29-33(34)12-1)50-44(21-10-22-46(50)51-47)49-42-19-7-5-17-40(42)48(41-18-6-8-20-43(41)49)37-15-9-14-32(28-37)35-25-26-39-36(27-35)24-23-31-11-3-4-16-38(31)39/h1-30H/i5D,6D,7D,8D,17D,18D,19D,20D. The van der Waals surface area contributed by atoms with Gasteiger partial charge in [0.15, 0.2) is 0 Å². The second kappa shape index (κ2) is 10.9. The molecule has 1 heterocycles. The van der Waals surface area contributed by atoms with Crippen LogP contribution in [0.25, 0.3) is 109 Å². The lowest BCUT2D eigenvalue weighted by atomic mass is 9.84. The lowest BCUT2D eigenvalue weighted by molar-refractivity contribution is 0.669. The first-order chi connectivity index (χ1) is 28.6. The predicted octanol–water partition coefficient (Wildman–Crippen LogP) is 14.4. The molecule has 0 saturated heterocycles. The minimum absolute atomic E-state index is 0.161. The SMILES string of the molecule is [2H]c1c([2H])c([2H])c2c(-c3cccc4oc5cc6ccccc6cc5c34)c3c([2H])c([2H])c([2H])c([2H])c3c(-c3cccc(-c4ccc5c(ccc6ccccc65)c4)c3)c2c1[2H]. The summed E-state index contributed by atoms with van der Waals surface area (Å²) in [4.78, 5) is 0. The van der Waals surface area contributed by atoms with Crippen molar-refractivity contribution in [3.63, 3.8) is 0 Å². The summed E-state index contributed by atoms with van der Waals surface area (Å²) in [5.41, 5.74) is 4.61. The highest BCUT2D eigenvalue weighted by molar-refractivity contribution is 6.26. The van der Waals surface area contributed by atoms with Crippen LogP contribution in [0.4, 0.5) is 0 Å². The molecular weight excluding hydrogens is 617 g/mol. The van der Waals surface area contributed by atoms with Crippen LogP contribution in [0.15, 0.2) is 186 Å². The molecule has 0 radical (unpaired) electrons. The van der Waals surface area contributed by atoms with Gasteiger partial charge in [-0.2, -0.15) is 0 Å². The number of fused-ring (bicyclic) bond motifs is 9. The van der Waals surface area contributed by atoms with Gasteiger partial charge in [-0.05, 0) is 118 Å². The van der Waals surface area contributed by atoms with Crippen LogP contribution in [0.5, 0.6) is 0 Å². The Morgan fingerprint density at radius 2 is 0.961 bits per heavy atom. The van der Waals surface area contributed by atoms with Crippen molar-refractivity contribution in [1.29, 1.82) is 0 Å². The number of hydrogen-bond donors (Lipinski definition) is 0. The molecule has 1 heteroatoms. The second-order valence-corrected chi connectivity index (χ2v) is 13.0. The Labute approximate surface area is 305 Å². The molecule has 0 spiro atoms. The molecule has 0 N–H and O–H groups in total. The summed E-state index contributed by atoms with van der Waals surface area (Å²) in [6.07, 6.45) is 0. The van der Waals surface area contributed by atoms with E-state index < -0.39 is 24.2 Å². The van der Waals surface area contributed by atoms with E-state index >= 15 is 0 Å². The van der Waals surface area contributed by atoms with Crippen LogP contribution < -0.4 is 0 Å².